The van der Waals surface area contributed by atoms with Gasteiger partial charge in [0.15, 0.2) is 0 Å². The van der Waals surface area contributed by atoms with Crippen LogP contribution in [0.4, 0.5) is 10.5 Å². The summed E-state index contributed by atoms with van der Waals surface area (Å²) in [5.41, 5.74) is 5.78. The number of aromatic nitrogens is 2. The van der Waals surface area contributed by atoms with E-state index in [0.717, 1.165) is 46.5 Å². The Labute approximate surface area is 198 Å². The van der Waals surface area contributed by atoms with Gasteiger partial charge in [0.1, 0.15) is 5.82 Å². The molecule has 1 saturated heterocycles. The molecule has 5 nitrogen and oxygen atoms in total. The van der Waals surface area contributed by atoms with Crippen LogP contribution in [0.2, 0.25) is 10.0 Å². The monoisotopic (exact) mass is 468 g/mol. The van der Waals surface area contributed by atoms with Crippen molar-refractivity contribution in [2.45, 2.75) is 46.1 Å². The number of urea groups is 1. The topological polar surface area (TPSA) is 58.1 Å². The van der Waals surface area contributed by atoms with Gasteiger partial charge in [0.25, 0.3) is 0 Å². The van der Waals surface area contributed by atoms with Crippen molar-refractivity contribution in [2.24, 2.45) is 0 Å². The Bertz CT molecular complexity index is 1120. The second-order valence-corrected chi connectivity index (χ2v) is 9.20. The summed E-state index contributed by atoms with van der Waals surface area (Å²) < 4.78 is 0. The van der Waals surface area contributed by atoms with Crippen LogP contribution < -0.4 is 5.32 Å². The number of nitrogens with zero attached hydrogens (tertiary/aromatic N) is 3. The molecule has 1 atom stereocenters. The minimum atomic E-state index is -0.116. The van der Waals surface area contributed by atoms with Crippen molar-refractivity contribution in [1.29, 1.82) is 0 Å². The molecule has 32 heavy (non-hydrogen) atoms. The third-order valence-electron chi connectivity index (χ3n) is 5.89. The van der Waals surface area contributed by atoms with Crippen LogP contribution in [-0.2, 0) is 6.42 Å². The molecule has 1 aromatic heterocycles. The summed E-state index contributed by atoms with van der Waals surface area (Å²) in [5, 5.41) is 4.48. The van der Waals surface area contributed by atoms with Gasteiger partial charge in [-0.3, -0.25) is 0 Å². The molecule has 1 aliphatic rings. The zero-order valence-electron chi connectivity index (χ0n) is 18.5. The number of likely N-dealkylation sites (tertiary alicyclic amines) is 1. The van der Waals surface area contributed by atoms with Crippen LogP contribution in [0.1, 0.15) is 52.7 Å². The van der Waals surface area contributed by atoms with E-state index in [1.165, 1.54) is 0 Å². The molecule has 0 unspecified atom stereocenters. The van der Waals surface area contributed by atoms with Crippen molar-refractivity contribution >= 4 is 34.9 Å². The van der Waals surface area contributed by atoms with E-state index in [1.54, 1.807) is 0 Å². The summed E-state index contributed by atoms with van der Waals surface area (Å²) in [4.78, 5) is 24.4. The fourth-order valence-electron chi connectivity index (χ4n) is 4.34. The minimum absolute atomic E-state index is 0.0908. The fourth-order valence-corrected chi connectivity index (χ4v) is 4.79. The first-order chi connectivity index (χ1) is 15.3. The average molecular weight is 469 g/mol. The third kappa shape index (κ3) is 4.89. The maximum atomic E-state index is 13.3. The quantitative estimate of drug-likeness (QED) is 0.464. The molecular weight excluding hydrogens is 443 g/mol. The van der Waals surface area contributed by atoms with Gasteiger partial charge in [-0.05, 0) is 80.1 Å². The third-order valence-corrected chi connectivity index (χ3v) is 6.36. The van der Waals surface area contributed by atoms with E-state index in [9.17, 15) is 4.79 Å². The molecule has 0 aliphatic carbocycles. The fraction of sp³-hybridized carbons (Fsp3) is 0.320. The van der Waals surface area contributed by atoms with Crippen molar-refractivity contribution in [2.75, 3.05) is 11.9 Å². The maximum absolute atomic E-state index is 13.3. The van der Waals surface area contributed by atoms with Gasteiger partial charge in [0, 0.05) is 34.9 Å². The van der Waals surface area contributed by atoms with Crippen molar-refractivity contribution in [3.63, 3.8) is 0 Å². The minimum Gasteiger partial charge on any atom is -0.316 e. The summed E-state index contributed by atoms with van der Waals surface area (Å²) in [6.45, 7) is 6.48. The van der Waals surface area contributed by atoms with Crippen LogP contribution in [-0.4, -0.2) is 27.4 Å². The number of carbonyl (C=O) groups is 1. The zero-order chi connectivity index (χ0) is 22.8. The molecule has 2 heterocycles. The van der Waals surface area contributed by atoms with Crippen molar-refractivity contribution in [3.05, 3.63) is 86.4 Å². The molecule has 3 aromatic rings. The molecule has 166 valence electrons. The number of rotatable bonds is 4. The van der Waals surface area contributed by atoms with Gasteiger partial charge in [-0.1, -0.05) is 35.3 Å². The molecule has 2 amide bonds. The highest BCUT2D eigenvalue weighted by Gasteiger charge is 2.33. The van der Waals surface area contributed by atoms with Gasteiger partial charge < -0.3 is 10.2 Å². The van der Waals surface area contributed by atoms with E-state index in [4.69, 9.17) is 28.2 Å². The molecular formula is C25H26Cl2N4O. The molecule has 1 fully saturated rings. The van der Waals surface area contributed by atoms with Gasteiger partial charge >= 0.3 is 6.03 Å². The number of nitrogens with one attached hydrogen (secondary N) is 1. The Hall–Kier alpha value is -2.63. The standard InChI is InChI=1S/C25H26Cl2N4O/c1-15-11-21(27)12-16(2)23(15)30-25(32)31-10-4-5-22(31)24-19(14-28-17(3)29-24)13-18-6-8-20(26)9-7-18/h6-9,11-12,14,22H,4-5,10,13H2,1-3H3,(H,30,32)/t22-/m1/s1. The van der Waals surface area contributed by atoms with Crippen molar-refractivity contribution in [1.82, 2.24) is 14.9 Å². The summed E-state index contributed by atoms with van der Waals surface area (Å²) in [5.74, 6) is 0.705. The molecule has 1 aliphatic heterocycles. The van der Waals surface area contributed by atoms with Crippen molar-refractivity contribution in [3.8, 4) is 0 Å². The molecule has 7 heteroatoms. The highest BCUT2D eigenvalue weighted by Crippen LogP contribution is 2.35. The molecule has 0 spiro atoms. The Morgan fingerprint density at radius 3 is 2.47 bits per heavy atom. The van der Waals surface area contributed by atoms with Crippen LogP contribution >= 0.6 is 23.2 Å². The Kier molecular flexibility index (Phi) is 6.68. The Morgan fingerprint density at radius 1 is 1.09 bits per heavy atom. The molecule has 0 saturated carbocycles. The molecule has 0 bridgehead atoms. The number of hydrogen-bond donors (Lipinski definition) is 1. The number of carbonyl (C=O) groups excluding carboxylic acids is 1. The molecule has 2 aromatic carbocycles. The lowest BCUT2D eigenvalue weighted by atomic mass is 10.00. The highest BCUT2D eigenvalue weighted by atomic mass is 35.5. The Morgan fingerprint density at radius 2 is 1.78 bits per heavy atom. The Balaban J connectivity index is 1.61. The van der Waals surface area contributed by atoms with Crippen LogP contribution in [0, 0.1) is 20.8 Å². The second kappa shape index (κ2) is 9.47. The van der Waals surface area contributed by atoms with E-state index in [0.29, 0.717) is 28.8 Å². The number of hydrogen-bond acceptors (Lipinski definition) is 3. The summed E-state index contributed by atoms with van der Waals surface area (Å²) in [7, 11) is 0. The van der Waals surface area contributed by atoms with Gasteiger partial charge in [0.2, 0.25) is 0 Å². The predicted octanol–water partition coefficient (Wildman–Crippen LogP) is 6.67. The van der Waals surface area contributed by atoms with E-state index in [2.05, 4.69) is 10.3 Å². The lowest BCUT2D eigenvalue weighted by molar-refractivity contribution is 0.205. The molecule has 0 radical (unpaired) electrons. The number of amides is 2. The van der Waals surface area contributed by atoms with E-state index >= 15 is 0 Å². The first-order valence-corrected chi connectivity index (χ1v) is 11.5. The van der Waals surface area contributed by atoms with Crippen LogP contribution in [0.5, 0.6) is 0 Å². The first kappa shape index (κ1) is 22.6. The van der Waals surface area contributed by atoms with Crippen molar-refractivity contribution < 1.29 is 4.79 Å². The number of halogens is 2. The van der Waals surface area contributed by atoms with E-state index in [-0.39, 0.29) is 12.1 Å². The van der Waals surface area contributed by atoms with E-state index in [1.807, 2.05) is 68.3 Å². The summed E-state index contributed by atoms with van der Waals surface area (Å²) >= 11 is 12.2. The normalized spacial score (nSPS) is 15.8. The zero-order valence-corrected chi connectivity index (χ0v) is 20.0. The SMILES string of the molecule is Cc1ncc(Cc2ccc(Cl)cc2)c([C@H]2CCCN2C(=O)Nc2c(C)cc(Cl)cc2C)n1. The van der Waals surface area contributed by atoms with E-state index < -0.39 is 0 Å². The van der Waals surface area contributed by atoms with Gasteiger partial charge in [-0.15, -0.1) is 0 Å². The predicted molar refractivity (Wildman–Crippen MR) is 130 cm³/mol. The summed E-state index contributed by atoms with van der Waals surface area (Å²) in [6, 6.07) is 11.3. The number of aryl methyl sites for hydroxylation is 3. The number of benzene rings is 2. The maximum Gasteiger partial charge on any atom is 0.322 e. The average Bonchev–Trinajstić information content (AvgIpc) is 3.23. The molecule has 4 rings (SSSR count). The second-order valence-electron chi connectivity index (χ2n) is 8.33. The summed E-state index contributed by atoms with van der Waals surface area (Å²) in [6.07, 6.45) is 4.37. The highest BCUT2D eigenvalue weighted by molar-refractivity contribution is 6.31. The lowest BCUT2D eigenvalue weighted by Crippen LogP contribution is -2.35. The van der Waals surface area contributed by atoms with Crippen LogP contribution in [0.15, 0.2) is 42.6 Å². The van der Waals surface area contributed by atoms with Gasteiger partial charge in [0.05, 0.1) is 11.7 Å². The number of anilines is 1. The smallest absolute Gasteiger partial charge is 0.316 e. The van der Waals surface area contributed by atoms with Crippen LogP contribution in [0.3, 0.4) is 0 Å². The first-order valence-electron chi connectivity index (χ1n) is 10.7. The van der Waals surface area contributed by atoms with Gasteiger partial charge in [-0.25, -0.2) is 14.8 Å². The largest absolute Gasteiger partial charge is 0.322 e. The van der Waals surface area contributed by atoms with Gasteiger partial charge in [-0.2, -0.15) is 0 Å². The van der Waals surface area contributed by atoms with Crippen LogP contribution in [0.25, 0.3) is 0 Å². The lowest BCUT2D eigenvalue weighted by Gasteiger charge is -2.27. The molecule has 1 N–H and O–H groups in total.